The highest BCUT2D eigenvalue weighted by Gasteiger charge is 2.09. The van der Waals surface area contributed by atoms with Crippen molar-refractivity contribution in [3.05, 3.63) is 53.6 Å². The highest BCUT2D eigenvalue weighted by molar-refractivity contribution is 5.77. The van der Waals surface area contributed by atoms with Crippen LogP contribution in [0.4, 0.5) is 8.78 Å². The van der Waals surface area contributed by atoms with Gasteiger partial charge < -0.3 is 19.5 Å². The quantitative estimate of drug-likeness (QED) is 0.793. The second-order valence-corrected chi connectivity index (χ2v) is 5.25. The van der Waals surface area contributed by atoms with E-state index in [0.29, 0.717) is 17.1 Å². The molecule has 0 fully saturated rings. The van der Waals surface area contributed by atoms with E-state index >= 15 is 0 Å². The third kappa shape index (κ3) is 5.95. The minimum absolute atomic E-state index is 0.0439. The number of methoxy groups -OCH3 is 1. The van der Waals surface area contributed by atoms with E-state index in [0.717, 1.165) is 5.56 Å². The first kappa shape index (κ1) is 18.5. The Labute approximate surface area is 144 Å². The number of aryl methyl sites for hydroxylation is 1. The second-order valence-electron chi connectivity index (χ2n) is 5.25. The van der Waals surface area contributed by atoms with Crippen LogP contribution in [-0.2, 0) is 11.3 Å². The Kier molecular flexibility index (Phi) is 6.56. The lowest BCUT2D eigenvalue weighted by Crippen LogP contribution is -2.28. The van der Waals surface area contributed by atoms with Gasteiger partial charge in [0.1, 0.15) is 5.75 Å². The predicted molar refractivity (Wildman–Crippen MR) is 88.1 cm³/mol. The smallest absolute Gasteiger partial charge is 0.387 e. The number of alkyl halides is 2. The van der Waals surface area contributed by atoms with Crippen LogP contribution < -0.4 is 19.5 Å². The minimum atomic E-state index is -2.89. The first-order valence-electron chi connectivity index (χ1n) is 7.56. The summed E-state index contributed by atoms with van der Waals surface area (Å²) >= 11 is 0. The van der Waals surface area contributed by atoms with Crippen LogP contribution in [0.1, 0.15) is 11.1 Å². The SMILES string of the molecule is COc1cc(C)ccc1OCC(=O)NCc1cccc(OC(F)F)c1. The summed E-state index contributed by atoms with van der Waals surface area (Å²) in [5.41, 5.74) is 1.65. The van der Waals surface area contributed by atoms with Gasteiger partial charge in [-0.15, -0.1) is 0 Å². The standard InChI is InChI=1S/C18H19F2NO4/c1-12-6-7-15(16(8-12)23-2)24-11-17(22)21-10-13-4-3-5-14(9-13)25-18(19)20/h3-9,18H,10-11H2,1-2H3,(H,21,22). The molecule has 5 nitrogen and oxygen atoms in total. The van der Waals surface area contributed by atoms with Crippen molar-refractivity contribution in [2.45, 2.75) is 20.1 Å². The van der Waals surface area contributed by atoms with Gasteiger partial charge in [-0.1, -0.05) is 18.2 Å². The number of benzene rings is 2. The number of amides is 1. The number of nitrogens with one attached hydrogen (secondary N) is 1. The molecule has 0 bridgehead atoms. The molecule has 1 amide bonds. The average Bonchev–Trinajstić information content (AvgIpc) is 2.58. The Balaban J connectivity index is 1.85. The van der Waals surface area contributed by atoms with Gasteiger partial charge in [-0.05, 0) is 42.3 Å². The maximum atomic E-state index is 12.2. The molecule has 2 aromatic carbocycles. The fraction of sp³-hybridized carbons (Fsp3) is 0.278. The van der Waals surface area contributed by atoms with Gasteiger partial charge in [0, 0.05) is 6.54 Å². The van der Waals surface area contributed by atoms with Crippen LogP contribution in [0.15, 0.2) is 42.5 Å². The van der Waals surface area contributed by atoms with Crippen LogP contribution in [-0.4, -0.2) is 26.2 Å². The lowest BCUT2D eigenvalue weighted by molar-refractivity contribution is -0.123. The van der Waals surface area contributed by atoms with Crippen LogP contribution >= 0.6 is 0 Å². The summed E-state index contributed by atoms with van der Waals surface area (Å²) in [5, 5.41) is 2.65. The minimum Gasteiger partial charge on any atom is -0.493 e. The Bertz CT molecular complexity index is 722. The van der Waals surface area contributed by atoms with Crippen molar-refractivity contribution in [3.8, 4) is 17.2 Å². The number of hydrogen-bond acceptors (Lipinski definition) is 4. The topological polar surface area (TPSA) is 56.8 Å². The number of hydrogen-bond donors (Lipinski definition) is 1. The Morgan fingerprint density at radius 1 is 1.16 bits per heavy atom. The molecule has 7 heteroatoms. The largest absolute Gasteiger partial charge is 0.493 e. The van der Waals surface area contributed by atoms with Crippen molar-refractivity contribution < 1.29 is 27.8 Å². The van der Waals surface area contributed by atoms with E-state index in [2.05, 4.69) is 10.1 Å². The van der Waals surface area contributed by atoms with Crippen molar-refractivity contribution >= 4 is 5.91 Å². The number of rotatable bonds is 8. The molecule has 0 aromatic heterocycles. The zero-order chi connectivity index (χ0) is 18.2. The Morgan fingerprint density at radius 2 is 1.96 bits per heavy atom. The second kappa shape index (κ2) is 8.86. The van der Waals surface area contributed by atoms with Crippen molar-refractivity contribution in [2.75, 3.05) is 13.7 Å². The van der Waals surface area contributed by atoms with E-state index in [1.54, 1.807) is 18.2 Å². The highest BCUT2D eigenvalue weighted by Crippen LogP contribution is 2.27. The molecule has 0 unspecified atom stereocenters. The third-order valence-corrected chi connectivity index (χ3v) is 3.29. The van der Waals surface area contributed by atoms with Crippen molar-refractivity contribution in [3.63, 3.8) is 0 Å². The van der Waals surface area contributed by atoms with Gasteiger partial charge in [0.05, 0.1) is 7.11 Å². The van der Waals surface area contributed by atoms with E-state index in [1.807, 2.05) is 19.1 Å². The molecule has 0 atom stereocenters. The molecule has 1 N–H and O–H groups in total. The lowest BCUT2D eigenvalue weighted by Gasteiger charge is -2.12. The fourth-order valence-electron chi connectivity index (χ4n) is 2.12. The maximum absolute atomic E-state index is 12.2. The molecule has 0 heterocycles. The summed E-state index contributed by atoms with van der Waals surface area (Å²) in [4.78, 5) is 11.9. The van der Waals surface area contributed by atoms with Crippen molar-refractivity contribution in [1.29, 1.82) is 0 Å². The molecule has 0 radical (unpaired) electrons. The van der Waals surface area contributed by atoms with Gasteiger partial charge in [0.2, 0.25) is 0 Å². The average molecular weight is 351 g/mol. The van der Waals surface area contributed by atoms with E-state index < -0.39 is 6.61 Å². The van der Waals surface area contributed by atoms with Crippen LogP contribution in [0.25, 0.3) is 0 Å². The summed E-state index contributed by atoms with van der Waals surface area (Å²) < 4.78 is 39.4. The summed E-state index contributed by atoms with van der Waals surface area (Å²) in [6.45, 7) is -0.978. The summed E-state index contributed by atoms with van der Waals surface area (Å²) in [6.07, 6.45) is 0. The molecule has 25 heavy (non-hydrogen) atoms. The third-order valence-electron chi connectivity index (χ3n) is 3.29. The molecule has 0 saturated carbocycles. The van der Waals surface area contributed by atoms with Crippen LogP contribution in [0, 0.1) is 6.92 Å². The van der Waals surface area contributed by atoms with E-state index in [-0.39, 0.29) is 24.8 Å². The normalized spacial score (nSPS) is 10.4. The number of halogens is 2. The van der Waals surface area contributed by atoms with Crippen LogP contribution in [0.3, 0.4) is 0 Å². The zero-order valence-electron chi connectivity index (χ0n) is 13.9. The fourth-order valence-corrected chi connectivity index (χ4v) is 2.12. The van der Waals surface area contributed by atoms with Crippen LogP contribution in [0.5, 0.6) is 17.2 Å². The van der Waals surface area contributed by atoms with Gasteiger partial charge in [-0.2, -0.15) is 8.78 Å². The Morgan fingerprint density at radius 3 is 2.68 bits per heavy atom. The maximum Gasteiger partial charge on any atom is 0.387 e. The number of carbonyl (C=O) groups excluding carboxylic acids is 1. The van der Waals surface area contributed by atoms with E-state index in [1.165, 1.54) is 19.2 Å². The van der Waals surface area contributed by atoms with Gasteiger partial charge in [-0.3, -0.25) is 4.79 Å². The van der Waals surface area contributed by atoms with Gasteiger partial charge >= 0.3 is 6.61 Å². The first-order chi connectivity index (χ1) is 12.0. The first-order valence-corrected chi connectivity index (χ1v) is 7.56. The zero-order valence-corrected chi connectivity index (χ0v) is 13.9. The van der Waals surface area contributed by atoms with Crippen molar-refractivity contribution in [1.82, 2.24) is 5.32 Å². The van der Waals surface area contributed by atoms with E-state index in [9.17, 15) is 13.6 Å². The number of ether oxygens (including phenoxy) is 3. The monoisotopic (exact) mass is 351 g/mol. The molecule has 0 aliphatic rings. The summed E-state index contributed by atoms with van der Waals surface area (Å²) in [6, 6.07) is 11.5. The van der Waals surface area contributed by atoms with Gasteiger partial charge in [-0.25, -0.2) is 0 Å². The molecule has 2 rings (SSSR count). The molecule has 134 valence electrons. The van der Waals surface area contributed by atoms with Gasteiger partial charge in [0.25, 0.3) is 5.91 Å². The highest BCUT2D eigenvalue weighted by atomic mass is 19.3. The predicted octanol–water partition coefficient (Wildman–Crippen LogP) is 3.30. The van der Waals surface area contributed by atoms with Gasteiger partial charge in [0.15, 0.2) is 18.1 Å². The molecule has 2 aromatic rings. The molecular weight excluding hydrogens is 332 g/mol. The number of carbonyl (C=O) groups is 1. The summed E-state index contributed by atoms with van der Waals surface area (Å²) in [5.74, 6) is 0.713. The van der Waals surface area contributed by atoms with E-state index in [4.69, 9.17) is 9.47 Å². The molecule has 0 spiro atoms. The molecule has 0 aliphatic carbocycles. The lowest BCUT2D eigenvalue weighted by atomic mass is 10.2. The van der Waals surface area contributed by atoms with Crippen LogP contribution in [0.2, 0.25) is 0 Å². The molecule has 0 aliphatic heterocycles. The van der Waals surface area contributed by atoms with Crippen molar-refractivity contribution in [2.24, 2.45) is 0 Å². The summed E-state index contributed by atoms with van der Waals surface area (Å²) in [7, 11) is 1.52. The Hall–Kier alpha value is -2.83. The molecule has 0 saturated heterocycles. The molecular formula is C18H19F2NO4.